The Morgan fingerprint density at radius 3 is 2.54 bits per heavy atom. The molecule has 2 nitrogen and oxygen atoms in total. The Balaban J connectivity index is 2.82. The topological polar surface area (TPSA) is 29.1 Å². The molecule has 13 heavy (non-hydrogen) atoms. The zero-order valence-corrected chi connectivity index (χ0v) is 7.08. The number of carbonyl (C=O) groups excluding carboxylic acids is 1. The summed E-state index contributed by atoms with van der Waals surface area (Å²) in [5.41, 5.74) is 1.15. The minimum Gasteiger partial charge on any atom is -0.281 e. The monoisotopic (exact) mass is 171 g/mol. The summed E-state index contributed by atoms with van der Waals surface area (Å²) in [6.45, 7) is 3.64. The molecule has 0 radical (unpaired) electrons. The number of terminal acetylenes is 1. The number of nitrogens with one attached hydrogen (secondary N) is 1. The molecule has 1 aromatic carbocycles. The number of benzene rings is 1. The number of amides is 1. The van der Waals surface area contributed by atoms with E-state index < -0.39 is 0 Å². The van der Waals surface area contributed by atoms with E-state index in [0.29, 0.717) is 5.57 Å². The van der Waals surface area contributed by atoms with Crippen LogP contribution in [0.4, 0.5) is 0 Å². The van der Waals surface area contributed by atoms with Crippen LogP contribution < -0.4 is 5.32 Å². The highest BCUT2D eigenvalue weighted by Gasteiger charge is 2.06. The summed E-state index contributed by atoms with van der Waals surface area (Å²) in [6, 6.07) is 11.2. The normalized spacial score (nSPS) is 8.54. The number of hydrogen-bond donors (Lipinski definition) is 1. The van der Waals surface area contributed by atoms with Crippen molar-refractivity contribution in [3.63, 3.8) is 0 Å². The Morgan fingerprint density at radius 2 is 2.00 bits per heavy atom. The van der Waals surface area contributed by atoms with E-state index in [1.807, 2.05) is 18.2 Å². The maximum absolute atomic E-state index is 11.2. The van der Waals surface area contributed by atoms with Crippen LogP contribution in [0.25, 0.3) is 5.57 Å². The third kappa shape index (κ3) is 2.21. The number of carbonyl (C=O) groups is 1. The van der Waals surface area contributed by atoms with Crippen LogP contribution in [0.1, 0.15) is 5.56 Å². The highest BCUT2D eigenvalue weighted by Crippen LogP contribution is 2.10. The molecular formula is C11H9NO. The molecular weight excluding hydrogens is 162 g/mol. The first-order chi connectivity index (χ1) is 6.25. The van der Waals surface area contributed by atoms with Crippen LogP contribution in [0.3, 0.4) is 0 Å². The molecule has 1 N–H and O–H groups in total. The highest BCUT2D eigenvalue weighted by atomic mass is 16.1. The van der Waals surface area contributed by atoms with E-state index >= 15 is 0 Å². The Labute approximate surface area is 77.3 Å². The summed E-state index contributed by atoms with van der Waals surface area (Å²) in [7, 11) is 0. The van der Waals surface area contributed by atoms with Gasteiger partial charge < -0.3 is 0 Å². The van der Waals surface area contributed by atoms with Crippen LogP contribution in [0.5, 0.6) is 0 Å². The van der Waals surface area contributed by atoms with Crippen molar-refractivity contribution in [1.82, 2.24) is 5.32 Å². The summed E-state index contributed by atoms with van der Waals surface area (Å²) in [5.74, 6) is -0.339. The lowest BCUT2D eigenvalue weighted by molar-refractivity contribution is -0.114. The molecule has 0 aliphatic carbocycles. The first-order valence-electron chi connectivity index (χ1n) is 3.76. The van der Waals surface area contributed by atoms with Crippen LogP contribution in [0.2, 0.25) is 0 Å². The van der Waals surface area contributed by atoms with Gasteiger partial charge in [0, 0.05) is 11.6 Å². The summed E-state index contributed by atoms with van der Waals surface area (Å²) in [5, 5.41) is 2.23. The smallest absolute Gasteiger partial charge is 0.262 e. The summed E-state index contributed by atoms with van der Waals surface area (Å²) < 4.78 is 0. The molecule has 0 aromatic heterocycles. The molecule has 0 heterocycles. The van der Waals surface area contributed by atoms with Crippen LogP contribution >= 0.6 is 0 Å². The van der Waals surface area contributed by atoms with Crippen molar-refractivity contribution in [3.05, 3.63) is 42.5 Å². The summed E-state index contributed by atoms with van der Waals surface area (Å²) >= 11 is 0. The maximum atomic E-state index is 11.2. The van der Waals surface area contributed by atoms with Crippen molar-refractivity contribution in [2.45, 2.75) is 0 Å². The quantitative estimate of drug-likeness (QED) is 0.407. The summed E-state index contributed by atoms with van der Waals surface area (Å²) in [6.07, 6.45) is 4.92. The predicted molar refractivity (Wildman–Crippen MR) is 52.5 cm³/mol. The second kappa shape index (κ2) is 4.13. The molecule has 0 bridgehead atoms. The molecule has 2 heteroatoms. The zero-order chi connectivity index (χ0) is 9.68. The SMILES string of the molecule is C#CNC(=O)C(=C)c1ccccc1. The largest absolute Gasteiger partial charge is 0.281 e. The Bertz CT molecular complexity index is 359. The molecule has 1 amide bonds. The molecule has 0 fully saturated rings. The fourth-order valence-electron chi connectivity index (χ4n) is 0.911. The van der Waals surface area contributed by atoms with E-state index in [1.54, 1.807) is 12.1 Å². The highest BCUT2D eigenvalue weighted by molar-refractivity contribution is 6.19. The van der Waals surface area contributed by atoms with Gasteiger partial charge in [-0.25, -0.2) is 0 Å². The van der Waals surface area contributed by atoms with Crippen LogP contribution in [0.15, 0.2) is 36.9 Å². The average Bonchev–Trinajstić information content (AvgIpc) is 2.18. The van der Waals surface area contributed by atoms with Crippen molar-refractivity contribution < 1.29 is 4.79 Å². The van der Waals surface area contributed by atoms with Crippen molar-refractivity contribution >= 4 is 11.5 Å². The van der Waals surface area contributed by atoms with Gasteiger partial charge in [-0.15, -0.1) is 0 Å². The molecule has 0 unspecified atom stereocenters. The minimum absolute atomic E-state index is 0.339. The van der Waals surface area contributed by atoms with Crippen LogP contribution in [-0.2, 0) is 4.79 Å². The lowest BCUT2D eigenvalue weighted by Crippen LogP contribution is -2.17. The van der Waals surface area contributed by atoms with Crippen LogP contribution in [0, 0.1) is 12.5 Å². The first-order valence-corrected chi connectivity index (χ1v) is 3.76. The molecule has 0 aliphatic heterocycles. The van der Waals surface area contributed by atoms with Crippen molar-refractivity contribution in [3.8, 4) is 12.5 Å². The molecule has 0 atom stereocenters. The molecule has 1 aromatic rings. The van der Waals surface area contributed by atoms with Gasteiger partial charge in [0.1, 0.15) is 0 Å². The Morgan fingerprint density at radius 1 is 1.38 bits per heavy atom. The average molecular weight is 171 g/mol. The Hall–Kier alpha value is -2.01. The predicted octanol–water partition coefficient (Wildman–Crippen LogP) is 1.41. The minimum atomic E-state index is -0.339. The molecule has 0 saturated carbocycles. The third-order valence-electron chi connectivity index (χ3n) is 1.58. The molecule has 64 valence electrons. The van der Waals surface area contributed by atoms with Gasteiger partial charge in [0.25, 0.3) is 5.91 Å². The van der Waals surface area contributed by atoms with E-state index in [-0.39, 0.29) is 5.91 Å². The zero-order valence-electron chi connectivity index (χ0n) is 7.08. The van der Waals surface area contributed by atoms with Gasteiger partial charge >= 0.3 is 0 Å². The van der Waals surface area contributed by atoms with Crippen molar-refractivity contribution in [2.24, 2.45) is 0 Å². The van der Waals surface area contributed by atoms with Gasteiger partial charge in [0.15, 0.2) is 0 Å². The number of hydrogen-bond acceptors (Lipinski definition) is 1. The molecule has 1 rings (SSSR count). The van der Waals surface area contributed by atoms with Crippen LogP contribution in [-0.4, -0.2) is 5.91 Å². The van der Waals surface area contributed by atoms with Gasteiger partial charge in [-0.1, -0.05) is 43.3 Å². The number of rotatable bonds is 2. The van der Waals surface area contributed by atoms with Gasteiger partial charge in [-0.2, -0.15) is 0 Å². The molecule has 0 saturated heterocycles. The van der Waals surface area contributed by atoms with E-state index in [0.717, 1.165) is 5.56 Å². The van der Waals surface area contributed by atoms with Crippen molar-refractivity contribution in [2.75, 3.05) is 0 Å². The summed E-state index contributed by atoms with van der Waals surface area (Å²) in [4.78, 5) is 11.2. The fraction of sp³-hybridized carbons (Fsp3) is 0. The molecule has 0 aliphatic rings. The van der Waals surface area contributed by atoms with E-state index in [2.05, 4.69) is 17.9 Å². The van der Waals surface area contributed by atoms with Crippen molar-refractivity contribution in [1.29, 1.82) is 0 Å². The lowest BCUT2D eigenvalue weighted by atomic mass is 10.1. The first kappa shape index (κ1) is 9.08. The fourth-order valence-corrected chi connectivity index (χ4v) is 0.911. The van der Waals surface area contributed by atoms with E-state index in [1.165, 1.54) is 0 Å². The van der Waals surface area contributed by atoms with E-state index in [4.69, 9.17) is 6.42 Å². The second-order valence-electron chi connectivity index (χ2n) is 2.44. The van der Waals surface area contributed by atoms with Gasteiger partial charge in [0.2, 0.25) is 0 Å². The maximum Gasteiger partial charge on any atom is 0.262 e. The Kier molecular flexibility index (Phi) is 2.88. The van der Waals surface area contributed by atoms with Gasteiger partial charge in [-0.3, -0.25) is 10.1 Å². The standard InChI is InChI=1S/C11H9NO/c1-3-12-11(13)9(2)10-7-5-4-6-8-10/h1,4-8H,2H2,(H,12,13). The van der Waals surface area contributed by atoms with Gasteiger partial charge in [-0.05, 0) is 5.56 Å². The molecule has 0 spiro atoms. The lowest BCUT2D eigenvalue weighted by Gasteiger charge is -2.01. The van der Waals surface area contributed by atoms with E-state index in [9.17, 15) is 4.79 Å². The second-order valence-corrected chi connectivity index (χ2v) is 2.44. The third-order valence-corrected chi connectivity index (χ3v) is 1.58. The van der Waals surface area contributed by atoms with Gasteiger partial charge in [0.05, 0.1) is 0 Å².